The molecule has 2 atom stereocenters. The van der Waals surface area contributed by atoms with Gasteiger partial charge in [-0.25, -0.2) is 4.79 Å². The Morgan fingerprint density at radius 3 is 2.11 bits per heavy atom. The third kappa shape index (κ3) is 9.93. The Bertz CT molecular complexity index is 977. The minimum Gasteiger partial charge on any atom is -0.508 e. The van der Waals surface area contributed by atoms with Crippen molar-refractivity contribution in [1.29, 1.82) is 0 Å². The van der Waals surface area contributed by atoms with Crippen LogP contribution in [0, 0.1) is 12.8 Å². The highest BCUT2D eigenvalue weighted by atomic mass is 16.6. The average molecular weight is 522 g/mol. The number of benzene rings is 1. The Labute approximate surface area is 220 Å². The van der Waals surface area contributed by atoms with E-state index in [-0.39, 0.29) is 18.2 Å². The van der Waals surface area contributed by atoms with Gasteiger partial charge in [0, 0.05) is 5.54 Å². The number of nitrogens with zero attached hydrogens (tertiary/aromatic N) is 1. The first-order valence-electron chi connectivity index (χ1n) is 12.3. The summed E-state index contributed by atoms with van der Waals surface area (Å²) in [6.45, 7) is 15.6. The lowest BCUT2D eigenvalue weighted by Crippen LogP contribution is -2.59. The van der Waals surface area contributed by atoms with Crippen LogP contribution in [-0.2, 0) is 23.9 Å². The van der Waals surface area contributed by atoms with E-state index in [1.807, 2.05) is 13.8 Å². The van der Waals surface area contributed by atoms with Gasteiger partial charge in [-0.1, -0.05) is 19.9 Å². The number of phenols is 1. The summed E-state index contributed by atoms with van der Waals surface area (Å²) in [4.78, 5) is 53.4. The molecule has 0 aliphatic heterocycles. The van der Waals surface area contributed by atoms with Gasteiger partial charge in [-0.15, -0.1) is 0 Å². The van der Waals surface area contributed by atoms with Crippen LogP contribution in [0.1, 0.15) is 79.0 Å². The zero-order chi connectivity index (χ0) is 28.7. The molecule has 10 nitrogen and oxygen atoms in total. The monoisotopic (exact) mass is 521 g/mol. The van der Waals surface area contributed by atoms with Gasteiger partial charge >= 0.3 is 12.1 Å². The number of aromatic hydroxyl groups is 1. The number of nitrogens with one attached hydrogen (secondary N) is 2. The third-order valence-corrected chi connectivity index (χ3v) is 5.33. The van der Waals surface area contributed by atoms with Crippen molar-refractivity contribution in [3.63, 3.8) is 0 Å². The molecule has 10 heteroatoms. The molecule has 2 unspecified atom stereocenters. The van der Waals surface area contributed by atoms with Crippen LogP contribution in [0.3, 0.4) is 0 Å². The van der Waals surface area contributed by atoms with E-state index >= 15 is 0 Å². The van der Waals surface area contributed by atoms with E-state index in [2.05, 4.69) is 15.4 Å². The predicted molar refractivity (Wildman–Crippen MR) is 140 cm³/mol. The summed E-state index contributed by atoms with van der Waals surface area (Å²) in [5.41, 5.74) is -0.711. The van der Waals surface area contributed by atoms with Crippen molar-refractivity contribution in [2.45, 2.75) is 92.0 Å². The number of esters is 1. The number of ether oxygens (including phenoxy) is 2. The highest BCUT2D eigenvalue weighted by molar-refractivity contribution is 5.93. The molecule has 1 rings (SSSR count). The van der Waals surface area contributed by atoms with E-state index in [1.54, 1.807) is 60.6 Å². The minimum absolute atomic E-state index is 0.0354. The number of amides is 3. The summed E-state index contributed by atoms with van der Waals surface area (Å²) >= 11 is 0. The van der Waals surface area contributed by atoms with Gasteiger partial charge in [0.25, 0.3) is 0 Å². The topological polar surface area (TPSA) is 134 Å². The molecular weight excluding hydrogens is 478 g/mol. The summed E-state index contributed by atoms with van der Waals surface area (Å²) in [6.07, 6.45) is -0.442. The standard InChI is InChI=1S/C27H43N3O7/c1-16(2)13-19(29-25(35)37-27(7,8)9)24(34)30(26(4,5)6)22(23(33)28-15-21(32)36-10)18-11-12-20(31)17(3)14-18/h11-12,14,16,19,22,31H,13,15H2,1-10H3,(H,28,33)(H,29,35). The van der Waals surface area contributed by atoms with Crippen LogP contribution < -0.4 is 10.6 Å². The van der Waals surface area contributed by atoms with Gasteiger partial charge in [0.05, 0.1) is 7.11 Å². The maximum absolute atomic E-state index is 14.1. The molecule has 0 saturated heterocycles. The lowest BCUT2D eigenvalue weighted by molar-refractivity contribution is -0.149. The van der Waals surface area contributed by atoms with Crippen molar-refractivity contribution in [3.8, 4) is 5.75 Å². The summed E-state index contributed by atoms with van der Waals surface area (Å²) in [6, 6.07) is 2.45. The maximum atomic E-state index is 14.1. The van der Waals surface area contributed by atoms with Crippen molar-refractivity contribution in [3.05, 3.63) is 29.3 Å². The van der Waals surface area contributed by atoms with Crippen LogP contribution in [0.25, 0.3) is 0 Å². The Morgan fingerprint density at radius 2 is 1.65 bits per heavy atom. The fourth-order valence-corrected chi connectivity index (χ4v) is 3.75. The number of phenolic OH excluding ortho intramolecular Hbond substituents is 1. The first-order chi connectivity index (χ1) is 16.9. The van der Waals surface area contributed by atoms with Gasteiger partial charge in [0.2, 0.25) is 11.8 Å². The lowest BCUT2D eigenvalue weighted by atomic mass is 9.93. The average Bonchev–Trinajstić information content (AvgIpc) is 2.74. The molecule has 3 N–H and O–H groups in total. The van der Waals surface area contributed by atoms with Crippen molar-refractivity contribution >= 4 is 23.9 Å². The van der Waals surface area contributed by atoms with Gasteiger partial charge in [0.1, 0.15) is 30.0 Å². The van der Waals surface area contributed by atoms with Crippen molar-refractivity contribution in [2.75, 3.05) is 13.7 Å². The number of alkyl carbamates (subject to hydrolysis) is 1. The number of rotatable bonds is 9. The van der Waals surface area contributed by atoms with E-state index < -0.39 is 47.1 Å². The van der Waals surface area contributed by atoms with E-state index in [9.17, 15) is 24.3 Å². The first-order valence-corrected chi connectivity index (χ1v) is 12.3. The quantitative estimate of drug-likeness (QED) is 0.423. The fraction of sp³-hybridized carbons (Fsp3) is 0.630. The first kappa shape index (κ1) is 31.7. The summed E-state index contributed by atoms with van der Waals surface area (Å²) in [5.74, 6) is -1.68. The molecule has 0 bridgehead atoms. The Balaban J connectivity index is 3.60. The van der Waals surface area contributed by atoms with Crippen LogP contribution in [0.2, 0.25) is 0 Å². The molecule has 0 aromatic heterocycles. The number of carbonyl (C=O) groups is 4. The molecule has 1 aromatic rings. The highest BCUT2D eigenvalue weighted by Gasteiger charge is 2.42. The van der Waals surface area contributed by atoms with Gasteiger partial charge in [-0.05, 0) is 84.1 Å². The second-order valence-electron chi connectivity index (χ2n) is 11.4. The molecule has 208 valence electrons. The van der Waals surface area contributed by atoms with Crippen LogP contribution in [0.5, 0.6) is 5.75 Å². The van der Waals surface area contributed by atoms with E-state index in [4.69, 9.17) is 4.74 Å². The largest absolute Gasteiger partial charge is 0.508 e. The Morgan fingerprint density at radius 1 is 1.05 bits per heavy atom. The van der Waals surface area contributed by atoms with E-state index in [0.717, 1.165) is 0 Å². The number of hydrogen-bond donors (Lipinski definition) is 3. The molecule has 0 aliphatic rings. The van der Waals surface area contributed by atoms with Gasteiger partial charge in [-0.3, -0.25) is 14.4 Å². The third-order valence-electron chi connectivity index (χ3n) is 5.33. The maximum Gasteiger partial charge on any atom is 0.408 e. The molecule has 3 amide bonds. The lowest BCUT2D eigenvalue weighted by Gasteiger charge is -2.43. The van der Waals surface area contributed by atoms with E-state index in [0.29, 0.717) is 17.5 Å². The van der Waals surface area contributed by atoms with Crippen LogP contribution >= 0.6 is 0 Å². The molecule has 0 spiro atoms. The number of aryl methyl sites for hydroxylation is 1. The minimum atomic E-state index is -1.17. The molecule has 0 fully saturated rings. The zero-order valence-electron chi connectivity index (χ0n) is 23.7. The van der Waals surface area contributed by atoms with Crippen LogP contribution in [-0.4, -0.2) is 64.7 Å². The molecule has 0 radical (unpaired) electrons. The van der Waals surface area contributed by atoms with E-state index in [1.165, 1.54) is 18.1 Å². The summed E-state index contributed by atoms with van der Waals surface area (Å²) in [5, 5.41) is 15.3. The zero-order valence-corrected chi connectivity index (χ0v) is 23.7. The molecule has 0 aliphatic carbocycles. The second-order valence-corrected chi connectivity index (χ2v) is 11.4. The second kappa shape index (κ2) is 12.8. The normalized spacial score (nSPS) is 13.4. The highest BCUT2D eigenvalue weighted by Crippen LogP contribution is 2.32. The molecular formula is C27H43N3O7. The van der Waals surface area contributed by atoms with Crippen molar-refractivity contribution in [2.24, 2.45) is 5.92 Å². The molecule has 1 aromatic carbocycles. The smallest absolute Gasteiger partial charge is 0.408 e. The van der Waals surface area contributed by atoms with Crippen molar-refractivity contribution in [1.82, 2.24) is 15.5 Å². The molecule has 0 saturated carbocycles. The Hall–Kier alpha value is -3.30. The van der Waals surface area contributed by atoms with Gasteiger partial charge < -0.3 is 30.1 Å². The van der Waals surface area contributed by atoms with Gasteiger partial charge in [-0.2, -0.15) is 0 Å². The summed E-state index contributed by atoms with van der Waals surface area (Å²) in [7, 11) is 1.21. The van der Waals surface area contributed by atoms with Crippen molar-refractivity contribution < 1.29 is 33.8 Å². The number of carbonyl (C=O) groups excluding carboxylic acids is 4. The number of hydrogen-bond acceptors (Lipinski definition) is 7. The predicted octanol–water partition coefficient (Wildman–Crippen LogP) is 3.60. The van der Waals surface area contributed by atoms with Crippen LogP contribution in [0.4, 0.5) is 4.79 Å². The molecule has 0 heterocycles. The molecule has 37 heavy (non-hydrogen) atoms. The number of methoxy groups -OCH3 is 1. The summed E-state index contributed by atoms with van der Waals surface area (Å²) < 4.78 is 10.0. The van der Waals surface area contributed by atoms with Crippen LogP contribution in [0.15, 0.2) is 18.2 Å². The Kier molecular flexibility index (Phi) is 11.0. The fourth-order valence-electron chi connectivity index (χ4n) is 3.75. The SMILES string of the molecule is COC(=O)CNC(=O)C(c1ccc(O)c(C)c1)N(C(=O)C(CC(C)C)NC(=O)OC(C)(C)C)C(C)(C)C. The van der Waals surface area contributed by atoms with Gasteiger partial charge in [0.15, 0.2) is 0 Å².